The third-order valence-electron chi connectivity index (χ3n) is 6.39. The molecule has 6 N–H and O–H groups in total. The van der Waals surface area contributed by atoms with E-state index >= 15 is 0 Å². The number of rotatable bonds is 7. The summed E-state index contributed by atoms with van der Waals surface area (Å²) in [7, 11) is 0. The Kier molecular flexibility index (Phi) is 8.35. The highest BCUT2D eigenvalue weighted by Crippen LogP contribution is 2.40. The fourth-order valence-corrected chi connectivity index (χ4v) is 4.26. The van der Waals surface area contributed by atoms with Crippen molar-refractivity contribution < 1.29 is 54.1 Å². The third-order valence-corrected chi connectivity index (χ3v) is 6.39. The fraction of sp³-hybridized carbons (Fsp3) is 0.357. The first-order chi connectivity index (χ1) is 18.9. The zero-order valence-corrected chi connectivity index (χ0v) is 21.9. The molecule has 3 aromatic rings. The second-order valence-corrected chi connectivity index (χ2v) is 9.65. The van der Waals surface area contributed by atoms with Gasteiger partial charge < -0.3 is 49.3 Å². The van der Waals surface area contributed by atoms with Crippen molar-refractivity contribution in [3.63, 3.8) is 0 Å². The van der Waals surface area contributed by atoms with Gasteiger partial charge >= 0.3 is 5.97 Å². The van der Waals surface area contributed by atoms with Crippen molar-refractivity contribution >= 4 is 16.9 Å². The van der Waals surface area contributed by atoms with E-state index in [0.717, 1.165) is 18.6 Å². The summed E-state index contributed by atoms with van der Waals surface area (Å²) in [5.41, 5.74) is 0.353. The lowest BCUT2D eigenvalue weighted by Crippen LogP contribution is -2.60. The number of esters is 1. The van der Waals surface area contributed by atoms with Gasteiger partial charge in [0.25, 0.3) is 0 Å². The number of ether oxygens (including phenoxy) is 3. The molecular formula is C28H30O12. The number of carbonyl (C=O) groups excluding carboxylic acids is 1. The van der Waals surface area contributed by atoms with Crippen LogP contribution < -0.4 is 10.2 Å². The highest BCUT2D eigenvalue weighted by Gasteiger charge is 2.45. The number of carbonyl (C=O) groups is 1. The van der Waals surface area contributed by atoms with E-state index in [1.165, 1.54) is 24.3 Å². The number of aromatic hydroxyl groups is 3. The second-order valence-electron chi connectivity index (χ2n) is 9.65. The van der Waals surface area contributed by atoms with Crippen LogP contribution in [0.4, 0.5) is 0 Å². The molecule has 0 aliphatic carbocycles. The maximum absolute atomic E-state index is 13.2. The van der Waals surface area contributed by atoms with E-state index in [1.54, 1.807) is 6.08 Å². The minimum Gasteiger partial charge on any atom is -0.508 e. The van der Waals surface area contributed by atoms with Crippen molar-refractivity contribution in [2.75, 3.05) is 6.61 Å². The van der Waals surface area contributed by atoms with Gasteiger partial charge in [-0.3, -0.25) is 9.59 Å². The van der Waals surface area contributed by atoms with Gasteiger partial charge in [0.1, 0.15) is 59.2 Å². The van der Waals surface area contributed by atoms with Gasteiger partial charge in [0, 0.05) is 24.1 Å². The summed E-state index contributed by atoms with van der Waals surface area (Å²) >= 11 is 0. The molecule has 40 heavy (non-hydrogen) atoms. The van der Waals surface area contributed by atoms with Crippen molar-refractivity contribution in [2.24, 2.45) is 0 Å². The lowest BCUT2D eigenvalue weighted by molar-refractivity contribution is -0.278. The van der Waals surface area contributed by atoms with Gasteiger partial charge in [-0.25, -0.2) is 0 Å². The van der Waals surface area contributed by atoms with Gasteiger partial charge in [-0.05, 0) is 44.5 Å². The Bertz CT molecular complexity index is 1490. The standard InChI is InChI=1S/C28H30O12/c1-12(2)4-9-16-18(38-28-25(36)23(34)21(32)19(39-28)11-37-13(3)29)10-17(31)20-22(33)24(35)26(40-27(16)20)14-5-7-15(30)8-6-14/h4-8,10,19,21,23,25,28,30-32,34-36H,9,11H2,1-3H3. The number of aliphatic hydroxyl groups excluding tert-OH is 3. The first-order valence-corrected chi connectivity index (χ1v) is 12.4. The van der Waals surface area contributed by atoms with E-state index in [4.69, 9.17) is 18.6 Å². The van der Waals surface area contributed by atoms with Gasteiger partial charge in [-0.2, -0.15) is 0 Å². The molecule has 1 aromatic heterocycles. The predicted octanol–water partition coefficient (Wildman–Crippen LogP) is 1.83. The van der Waals surface area contributed by atoms with E-state index < -0.39 is 60.2 Å². The number of aliphatic hydroxyl groups is 3. The average molecular weight is 559 g/mol. The van der Waals surface area contributed by atoms with Crippen molar-refractivity contribution in [1.29, 1.82) is 0 Å². The van der Waals surface area contributed by atoms with Crippen LogP contribution in [-0.4, -0.2) is 73.9 Å². The topological polar surface area (TPSA) is 196 Å². The molecule has 0 bridgehead atoms. The van der Waals surface area contributed by atoms with Crippen LogP contribution in [0.25, 0.3) is 22.3 Å². The van der Waals surface area contributed by atoms with Crippen molar-refractivity contribution in [1.82, 2.24) is 0 Å². The minimum atomic E-state index is -1.75. The minimum absolute atomic E-state index is 0.0469. The zero-order valence-electron chi connectivity index (χ0n) is 21.9. The van der Waals surface area contributed by atoms with E-state index in [1.807, 2.05) is 13.8 Å². The van der Waals surface area contributed by atoms with Gasteiger partial charge in [-0.15, -0.1) is 0 Å². The number of benzene rings is 2. The molecule has 2 aromatic carbocycles. The molecule has 1 saturated heterocycles. The lowest BCUT2D eigenvalue weighted by atomic mass is 9.99. The molecule has 2 heterocycles. The Morgan fingerprint density at radius 3 is 2.30 bits per heavy atom. The highest BCUT2D eigenvalue weighted by atomic mass is 16.7. The number of hydrogen-bond donors (Lipinski definition) is 6. The molecule has 0 radical (unpaired) electrons. The van der Waals surface area contributed by atoms with Crippen LogP contribution in [-0.2, 0) is 20.7 Å². The van der Waals surface area contributed by atoms with Crippen LogP contribution in [0, 0.1) is 0 Å². The van der Waals surface area contributed by atoms with E-state index in [9.17, 15) is 40.2 Å². The van der Waals surface area contributed by atoms with Crippen molar-refractivity contribution in [3.8, 4) is 34.3 Å². The molecule has 0 amide bonds. The van der Waals surface area contributed by atoms with E-state index in [-0.39, 0.29) is 45.8 Å². The van der Waals surface area contributed by atoms with Crippen molar-refractivity contribution in [2.45, 2.75) is 57.9 Å². The summed E-state index contributed by atoms with van der Waals surface area (Å²) in [5.74, 6) is -2.37. The predicted molar refractivity (Wildman–Crippen MR) is 140 cm³/mol. The van der Waals surface area contributed by atoms with Crippen LogP contribution in [0.1, 0.15) is 26.3 Å². The largest absolute Gasteiger partial charge is 0.508 e. The molecule has 12 heteroatoms. The smallest absolute Gasteiger partial charge is 0.302 e. The maximum atomic E-state index is 13.2. The summed E-state index contributed by atoms with van der Waals surface area (Å²) in [6.07, 6.45) is -6.03. The monoisotopic (exact) mass is 558 g/mol. The lowest BCUT2D eigenvalue weighted by Gasteiger charge is -2.40. The molecule has 1 fully saturated rings. The number of phenols is 2. The summed E-state index contributed by atoms with van der Waals surface area (Å²) in [6, 6.07) is 6.62. The molecule has 0 saturated carbocycles. The Hall–Kier alpha value is -4.10. The van der Waals surface area contributed by atoms with Gasteiger partial charge in [0.05, 0.1) is 0 Å². The molecule has 1 aliphatic heterocycles. The molecule has 0 spiro atoms. The maximum Gasteiger partial charge on any atom is 0.302 e. The number of allylic oxidation sites excluding steroid dienone is 2. The Morgan fingerprint density at radius 2 is 1.68 bits per heavy atom. The Morgan fingerprint density at radius 1 is 1.00 bits per heavy atom. The number of phenolic OH excluding ortho intramolecular Hbond substituents is 2. The van der Waals surface area contributed by atoms with Crippen LogP contribution in [0.3, 0.4) is 0 Å². The SMILES string of the molecule is CC(=O)OCC1OC(Oc2cc(O)c3c(=O)c(O)c(-c4ccc(O)cc4)oc3c2CC=C(C)C)C(O)C(O)C1O. The first-order valence-electron chi connectivity index (χ1n) is 12.4. The zero-order chi connectivity index (χ0) is 29.3. The van der Waals surface area contributed by atoms with Gasteiger partial charge in [-0.1, -0.05) is 11.6 Å². The normalized spacial score (nSPS) is 22.6. The average Bonchev–Trinajstić information content (AvgIpc) is 2.90. The molecule has 214 valence electrons. The fourth-order valence-electron chi connectivity index (χ4n) is 4.26. The molecule has 5 unspecified atom stereocenters. The first kappa shape index (κ1) is 28.9. The summed E-state index contributed by atoms with van der Waals surface area (Å²) in [6.45, 7) is 4.38. The van der Waals surface area contributed by atoms with Gasteiger partial charge in [0.15, 0.2) is 5.76 Å². The quantitative estimate of drug-likeness (QED) is 0.182. The Balaban J connectivity index is 1.85. The molecule has 12 nitrogen and oxygen atoms in total. The molecule has 5 atom stereocenters. The second kappa shape index (κ2) is 11.6. The molecular weight excluding hydrogens is 528 g/mol. The van der Waals surface area contributed by atoms with Gasteiger partial charge in [0.2, 0.25) is 17.5 Å². The van der Waals surface area contributed by atoms with Crippen LogP contribution >= 0.6 is 0 Å². The summed E-state index contributed by atoms with van der Waals surface area (Å²) in [5, 5.41) is 62.0. The summed E-state index contributed by atoms with van der Waals surface area (Å²) < 4.78 is 22.3. The Labute approximate surface area is 227 Å². The number of hydrogen-bond acceptors (Lipinski definition) is 12. The van der Waals surface area contributed by atoms with Crippen LogP contribution in [0.2, 0.25) is 0 Å². The van der Waals surface area contributed by atoms with Crippen LogP contribution in [0.15, 0.2) is 51.2 Å². The highest BCUT2D eigenvalue weighted by molar-refractivity contribution is 5.91. The molecule has 1 aliphatic rings. The van der Waals surface area contributed by atoms with Crippen LogP contribution in [0.5, 0.6) is 23.0 Å². The summed E-state index contributed by atoms with van der Waals surface area (Å²) in [4.78, 5) is 24.4. The van der Waals surface area contributed by atoms with E-state index in [2.05, 4.69) is 0 Å². The molecule has 4 rings (SSSR count). The van der Waals surface area contributed by atoms with Crippen molar-refractivity contribution in [3.05, 3.63) is 57.8 Å². The number of fused-ring (bicyclic) bond motifs is 1. The van der Waals surface area contributed by atoms with E-state index in [0.29, 0.717) is 0 Å². The third kappa shape index (κ3) is 5.75.